The SMILES string of the molecule is COC(=O)CNS(=O)(=O)c1ccc(N)cc1C. The fourth-order valence-corrected chi connectivity index (χ4v) is 2.47. The van der Waals surface area contributed by atoms with E-state index in [1.165, 1.54) is 19.2 Å². The number of carbonyl (C=O) groups excluding carboxylic acids is 1. The maximum absolute atomic E-state index is 11.8. The third-order valence-electron chi connectivity index (χ3n) is 2.12. The summed E-state index contributed by atoms with van der Waals surface area (Å²) in [6, 6.07) is 4.43. The largest absolute Gasteiger partial charge is 0.468 e. The minimum atomic E-state index is -3.72. The summed E-state index contributed by atoms with van der Waals surface area (Å²) in [5.74, 6) is -0.651. The van der Waals surface area contributed by atoms with Crippen LogP contribution < -0.4 is 10.5 Å². The minimum absolute atomic E-state index is 0.0932. The van der Waals surface area contributed by atoms with Crippen molar-refractivity contribution >= 4 is 21.7 Å². The number of nitrogen functional groups attached to an aromatic ring is 1. The van der Waals surface area contributed by atoms with Crippen molar-refractivity contribution in [3.63, 3.8) is 0 Å². The monoisotopic (exact) mass is 258 g/mol. The van der Waals surface area contributed by atoms with Crippen LogP contribution in [-0.2, 0) is 19.6 Å². The molecule has 0 aromatic heterocycles. The zero-order chi connectivity index (χ0) is 13.1. The summed E-state index contributed by atoms with van der Waals surface area (Å²) in [5.41, 5.74) is 6.52. The first kappa shape index (κ1) is 13.5. The summed E-state index contributed by atoms with van der Waals surface area (Å²) in [4.78, 5) is 11.0. The maximum atomic E-state index is 11.8. The van der Waals surface area contributed by atoms with E-state index in [1.807, 2.05) is 0 Å². The van der Waals surface area contributed by atoms with E-state index >= 15 is 0 Å². The van der Waals surface area contributed by atoms with Crippen LogP contribution in [0.1, 0.15) is 5.56 Å². The van der Waals surface area contributed by atoms with Crippen LogP contribution in [0.2, 0.25) is 0 Å². The van der Waals surface area contributed by atoms with Gasteiger partial charge in [0, 0.05) is 5.69 Å². The van der Waals surface area contributed by atoms with Crippen LogP contribution in [-0.4, -0.2) is 28.0 Å². The van der Waals surface area contributed by atoms with E-state index < -0.39 is 22.5 Å². The lowest BCUT2D eigenvalue weighted by Crippen LogP contribution is -2.30. The van der Waals surface area contributed by atoms with Gasteiger partial charge in [-0.3, -0.25) is 4.79 Å². The Kier molecular flexibility index (Phi) is 4.08. The number of aryl methyl sites for hydroxylation is 1. The molecular weight excluding hydrogens is 244 g/mol. The van der Waals surface area contributed by atoms with Crippen LogP contribution in [0, 0.1) is 6.92 Å². The summed E-state index contributed by atoms with van der Waals surface area (Å²) in [7, 11) is -2.53. The average molecular weight is 258 g/mol. The van der Waals surface area contributed by atoms with Crippen LogP contribution in [0.25, 0.3) is 0 Å². The first-order valence-corrected chi connectivity index (χ1v) is 6.28. The van der Waals surface area contributed by atoms with Crippen LogP contribution in [0.4, 0.5) is 5.69 Å². The van der Waals surface area contributed by atoms with E-state index in [-0.39, 0.29) is 4.90 Å². The Labute approximate surface area is 99.8 Å². The molecule has 0 aliphatic carbocycles. The van der Waals surface area contributed by atoms with Crippen LogP contribution in [0.5, 0.6) is 0 Å². The number of hydrogen-bond acceptors (Lipinski definition) is 5. The lowest BCUT2D eigenvalue weighted by molar-refractivity contribution is -0.139. The molecule has 1 aromatic carbocycles. The van der Waals surface area contributed by atoms with Gasteiger partial charge in [0.25, 0.3) is 0 Å². The zero-order valence-corrected chi connectivity index (χ0v) is 10.4. The Balaban J connectivity index is 2.94. The maximum Gasteiger partial charge on any atom is 0.320 e. The number of esters is 1. The van der Waals surface area contributed by atoms with E-state index in [9.17, 15) is 13.2 Å². The molecule has 0 unspecified atom stereocenters. The van der Waals surface area contributed by atoms with Gasteiger partial charge in [0.15, 0.2) is 0 Å². The van der Waals surface area contributed by atoms with Gasteiger partial charge >= 0.3 is 5.97 Å². The van der Waals surface area contributed by atoms with Gasteiger partial charge in [-0.15, -0.1) is 0 Å². The number of benzene rings is 1. The van der Waals surface area contributed by atoms with Gasteiger partial charge in [-0.1, -0.05) is 0 Å². The van der Waals surface area contributed by atoms with Gasteiger partial charge in [-0.25, -0.2) is 8.42 Å². The number of methoxy groups -OCH3 is 1. The molecule has 7 heteroatoms. The molecule has 94 valence electrons. The van der Waals surface area contributed by atoms with Crippen molar-refractivity contribution in [3.05, 3.63) is 23.8 Å². The van der Waals surface area contributed by atoms with Gasteiger partial charge in [-0.05, 0) is 30.7 Å². The number of ether oxygens (including phenoxy) is 1. The minimum Gasteiger partial charge on any atom is -0.468 e. The number of hydrogen-bond donors (Lipinski definition) is 2. The predicted octanol–water partition coefficient (Wildman–Crippen LogP) is 0.0285. The van der Waals surface area contributed by atoms with Gasteiger partial charge in [0.1, 0.15) is 6.54 Å². The predicted molar refractivity (Wildman–Crippen MR) is 62.8 cm³/mol. The Hall–Kier alpha value is -1.60. The molecule has 0 heterocycles. The van der Waals surface area contributed by atoms with Crippen molar-refractivity contribution in [3.8, 4) is 0 Å². The molecule has 0 spiro atoms. The number of nitrogens with one attached hydrogen (secondary N) is 1. The first-order valence-electron chi connectivity index (χ1n) is 4.79. The smallest absolute Gasteiger partial charge is 0.320 e. The number of anilines is 1. The molecule has 0 bridgehead atoms. The topological polar surface area (TPSA) is 98.5 Å². The molecule has 1 rings (SSSR count). The van der Waals surface area contributed by atoms with Crippen LogP contribution >= 0.6 is 0 Å². The van der Waals surface area contributed by atoms with Crippen LogP contribution in [0.15, 0.2) is 23.1 Å². The van der Waals surface area contributed by atoms with Gasteiger partial charge in [0.05, 0.1) is 12.0 Å². The number of carbonyl (C=O) groups is 1. The summed E-state index contributed by atoms with van der Waals surface area (Å²) in [5, 5.41) is 0. The molecule has 1 aromatic rings. The highest BCUT2D eigenvalue weighted by atomic mass is 32.2. The zero-order valence-electron chi connectivity index (χ0n) is 9.56. The molecule has 0 saturated carbocycles. The van der Waals surface area contributed by atoms with Crippen molar-refractivity contribution in [1.82, 2.24) is 4.72 Å². The van der Waals surface area contributed by atoms with Crippen molar-refractivity contribution < 1.29 is 17.9 Å². The molecule has 0 aliphatic rings. The molecule has 17 heavy (non-hydrogen) atoms. The Morgan fingerprint density at radius 2 is 2.12 bits per heavy atom. The molecule has 0 amide bonds. The van der Waals surface area contributed by atoms with Crippen LogP contribution in [0.3, 0.4) is 0 Å². The molecule has 0 aliphatic heterocycles. The molecule has 0 fully saturated rings. The summed E-state index contributed by atoms with van der Waals surface area (Å²) in [6.45, 7) is 1.23. The second-order valence-corrected chi connectivity index (χ2v) is 5.16. The van der Waals surface area contributed by atoms with E-state index in [1.54, 1.807) is 13.0 Å². The Morgan fingerprint density at radius 3 is 2.65 bits per heavy atom. The fourth-order valence-electron chi connectivity index (χ4n) is 1.28. The van der Waals surface area contributed by atoms with E-state index in [4.69, 9.17) is 5.73 Å². The second kappa shape index (κ2) is 5.15. The Morgan fingerprint density at radius 1 is 1.47 bits per heavy atom. The normalized spacial score (nSPS) is 11.2. The van der Waals surface area contributed by atoms with Crippen molar-refractivity contribution in [2.45, 2.75) is 11.8 Å². The van der Waals surface area contributed by atoms with Crippen molar-refractivity contribution in [2.75, 3.05) is 19.4 Å². The van der Waals surface area contributed by atoms with Gasteiger partial charge in [0.2, 0.25) is 10.0 Å². The first-order chi connectivity index (χ1) is 7.86. The van der Waals surface area contributed by atoms with E-state index in [2.05, 4.69) is 9.46 Å². The standard InChI is InChI=1S/C10H14N2O4S/c1-7-5-8(11)3-4-9(7)17(14,15)12-6-10(13)16-2/h3-5,12H,6,11H2,1-2H3. The van der Waals surface area contributed by atoms with E-state index in [0.717, 1.165) is 0 Å². The van der Waals surface area contributed by atoms with Crippen molar-refractivity contribution in [2.24, 2.45) is 0 Å². The Bertz CT molecular complexity index is 525. The molecule has 0 atom stereocenters. The molecule has 0 saturated heterocycles. The fraction of sp³-hybridized carbons (Fsp3) is 0.300. The molecule has 3 N–H and O–H groups in total. The highest BCUT2D eigenvalue weighted by molar-refractivity contribution is 7.89. The van der Waals surface area contributed by atoms with E-state index in [0.29, 0.717) is 11.3 Å². The second-order valence-electron chi connectivity index (χ2n) is 3.43. The average Bonchev–Trinajstić information content (AvgIpc) is 2.25. The lowest BCUT2D eigenvalue weighted by Gasteiger charge is -2.08. The number of rotatable bonds is 4. The summed E-state index contributed by atoms with van der Waals surface area (Å²) in [6.07, 6.45) is 0. The molecule has 6 nitrogen and oxygen atoms in total. The third kappa shape index (κ3) is 3.43. The van der Waals surface area contributed by atoms with Gasteiger partial charge < -0.3 is 10.5 Å². The lowest BCUT2D eigenvalue weighted by atomic mass is 10.2. The van der Waals surface area contributed by atoms with Gasteiger partial charge in [-0.2, -0.15) is 4.72 Å². The third-order valence-corrected chi connectivity index (χ3v) is 3.68. The molecule has 0 radical (unpaired) electrons. The highest BCUT2D eigenvalue weighted by Crippen LogP contribution is 2.17. The highest BCUT2D eigenvalue weighted by Gasteiger charge is 2.17. The quantitative estimate of drug-likeness (QED) is 0.586. The van der Waals surface area contributed by atoms with Crippen molar-refractivity contribution in [1.29, 1.82) is 0 Å². The number of sulfonamides is 1. The summed E-state index contributed by atoms with van der Waals surface area (Å²) >= 11 is 0. The number of nitrogens with two attached hydrogens (primary N) is 1. The summed E-state index contributed by atoms with van der Waals surface area (Å²) < 4.78 is 30.1. The molecular formula is C10H14N2O4S.